The maximum Gasteiger partial charge on any atom is 0.335 e. The average Bonchev–Trinajstić information content (AvgIpc) is 2.44. The third-order valence-corrected chi connectivity index (χ3v) is 3.10. The monoisotopic (exact) mass is 287 g/mol. The van der Waals surface area contributed by atoms with Crippen molar-refractivity contribution in [2.45, 2.75) is 33.3 Å². The summed E-state index contributed by atoms with van der Waals surface area (Å²) in [5, 5.41) is 0. The van der Waals surface area contributed by atoms with E-state index in [1.165, 1.54) is 0 Å². The predicted molar refractivity (Wildman–Crippen MR) is 73.2 cm³/mol. The quantitative estimate of drug-likeness (QED) is 0.649. The zero-order chi connectivity index (χ0) is 15.0. The van der Waals surface area contributed by atoms with Crippen LogP contribution in [-0.4, -0.2) is 62.4 Å². The molecule has 20 heavy (non-hydrogen) atoms. The average molecular weight is 287 g/mol. The van der Waals surface area contributed by atoms with Gasteiger partial charge in [-0.25, -0.2) is 4.79 Å². The summed E-state index contributed by atoms with van der Waals surface area (Å²) >= 11 is 0. The number of rotatable bonds is 7. The minimum atomic E-state index is -0.633. The van der Waals surface area contributed by atoms with Gasteiger partial charge in [-0.2, -0.15) is 0 Å². The van der Waals surface area contributed by atoms with Crippen molar-refractivity contribution in [3.63, 3.8) is 0 Å². The Labute approximate surface area is 120 Å². The van der Waals surface area contributed by atoms with E-state index in [4.69, 9.17) is 14.2 Å². The van der Waals surface area contributed by atoms with Gasteiger partial charge < -0.3 is 19.1 Å². The van der Waals surface area contributed by atoms with Gasteiger partial charge in [0.15, 0.2) is 12.7 Å². The molecule has 1 heterocycles. The molecule has 0 aromatic rings. The van der Waals surface area contributed by atoms with Crippen molar-refractivity contribution >= 4 is 11.9 Å². The summed E-state index contributed by atoms with van der Waals surface area (Å²) in [5.74, 6) is -0.146. The lowest BCUT2D eigenvalue weighted by Crippen LogP contribution is -2.43. The molecule has 6 heteroatoms. The molecule has 1 unspecified atom stereocenters. The number of hydrogen-bond acceptors (Lipinski definition) is 5. The lowest BCUT2D eigenvalue weighted by molar-refractivity contribution is -0.162. The van der Waals surface area contributed by atoms with Gasteiger partial charge in [0.05, 0.1) is 13.2 Å². The van der Waals surface area contributed by atoms with E-state index >= 15 is 0 Å². The van der Waals surface area contributed by atoms with Crippen LogP contribution < -0.4 is 0 Å². The normalized spacial score (nSPS) is 17.1. The Bertz CT molecular complexity index is 313. The van der Waals surface area contributed by atoms with Crippen LogP contribution in [0.25, 0.3) is 0 Å². The van der Waals surface area contributed by atoms with Crippen LogP contribution in [0.5, 0.6) is 0 Å². The van der Waals surface area contributed by atoms with Crippen molar-refractivity contribution < 1.29 is 23.8 Å². The Morgan fingerprint density at radius 2 is 1.85 bits per heavy atom. The molecule has 0 bridgehead atoms. The van der Waals surface area contributed by atoms with Gasteiger partial charge in [-0.1, -0.05) is 13.8 Å². The van der Waals surface area contributed by atoms with Gasteiger partial charge in [0.2, 0.25) is 0 Å². The van der Waals surface area contributed by atoms with E-state index < -0.39 is 12.1 Å². The zero-order valence-corrected chi connectivity index (χ0v) is 12.6. The molecule has 1 rings (SSSR count). The van der Waals surface area contributed by atoms with Gasteiger partial charge in [0, 0.05) is 19.7 Å². The molecule has 1 aliphatic heterocycles. The highest BCUT2D eigenvalue weighted by molar-refractivity contribution is 5.82. The highest BCUT2D eigenvalue weighted by Gasteiger charge is 2.20. The van der Waals surface area contributed by atoms with E-state index in [0.717, 1.165) is 6.42 Å². The van der Waals surface area contributed by atoms with Gasteiger partial charge >= 0.3 is 5.97 Å². The van der Waals surface area contributed by atoms with E-state index in [9.17, 15) is 9.59 Å². The van der Waals surface area contributed by atoms with Crippen LogP contribution in [0.2, 0.25) is 0 Å². The van der Waals surface area contributed by atoms with Crippen LogP contribution >= 0.6 is 0 Å². The molecule has 0 aliphatic carbocycles. The maximum atomic E-state index is 11.8. The second kappa shape index (κ2) is 8.92. The van der Waals surface area contributed by atoms with E-state index in [2.05, 4.69) is 13.8 Å². The highest BCUT2D eigenvalue weighted by atomic mass is 16.6. The number of nitrogens with zero attached hydrogens (tertiary/aromatic N) is 1. The molecule has 1 saturated heterocycles. The molecule has 116 valence electrons. The van der Waals surface area contributed by atoms with Crippen LogP contribution in [0.4, 0.5) is 0 Å². The predicted octanol–water partition coefficient (Wildman–Crippen LogP) is 0.840. The summed E-state index contributed by atoms with van der Waals surface area (Å²) < 4.78 is 15.5. The first kappa shape index (κ1) is 16.9. The smallest absolute Gasteiger partial charge is 0.335 e. The highest BCUT2D eigenvalue weighted by Crippen LogP contribution is 2.03. The van der Waals surface area contributed by atoms with E-state index in [1.807, 2.05) is 0 Å². The number of hydrogen-bond donors (Lipinski definition) is 0. The van der Waals surface area contributed by atoms with Crippen LogP contribution in [0.15, 0.2) is 0 Å². The first-order chi connectivity index (χ1) is 9.50. The summed E-state index contributed by atoms with van der Waals surface area (Å²) in [4.78, 5) is 25.1. The number of carbonyl (C=O) groups excluding carboxylic acids is 2. The second-order valence-electron chi connectivity index (χ2n) is 5.30. The van der Waals surface area contributed by atoms with E-state index in [0.29, 0.717) is 38.8 Å². The minimum Gasteiger partial charge on any atom is -0.454 e. The molecule has 0 radical (unpaired) electrons. The summed E-state index contributed by atoms with van der Waals surface area (Å²) in [6.07, 6.45) is 0.260. The summed E-state index contributed by atoms with van der Waals surface area (Å²) in [7, 11) is 0. The Balaban J connectivity index is 2.19. The van der Waals surface area contributed by atoms with Crippen molar-refractivity contribution in [3.8, 4) is 0 Å². The maximum absolute atomic E-state index is 11.8. The van der Waals surface area contributed by atoms with Crippen LogP contribution in [-0.2, 0) is 23.8 Å². The van der Waals surface area contributed by atoms with Crippen molar-refractivity contribution in [1.82, 2.24) is 4.90 Å². The number of esters is 1. The number of morpholine rings is 1. The molecule has 1 aliphatic rings. The second-order valence-corrected chi connectivity index (χ2v) is 5.30. The Morgan fingerprint density at radius 1 is 1.20 bits per heavy atom. The molecule has 0 aromatic heterocycles. The summed E-state index contributed by atoms with van der Waals surface area (Å²) in [6, 6.07) is 0. The fraction of sp³-hybridized carbons (Fsp3) is 0.857. The molecular weight excluding hydrogens is 262 g/mol. The third-order valence-electron chi connectivity index (χ3n) is 3.10. The lowest BCUT2D eigenvalue weighted by Gasteiger charge is -2.26. The van der Waals surface area contributed by atoms with Gasteiger partial charge in [-0.15, -0.1) is 0 Å². The fourth-order valence-corrected chi connectivity index (χ4v) is 1.70. The fourth-order valence-electron chi connectivity index (χ4n) is 1.70. The van der Waals surface area contributed by atoms with Gasteiger partial charge in [-0.3, -0.25) is 4.79 Å². The van der Waals surface area contributed by atoms with Crippen molar-refractivity contribution in [1.29, 1.82) is 0 Å². The molecule has 1 fully saturated rings. The minimum absolute atomic E-state index is 0.184. The number of amides is 1. The summed E-state index contributed by atoms with van der Waals surface area (Å²) in [5.41, 5.74) is 0. The largest absolute Gasteiger partial charge is 0.454 e. The van der Waals surface area contributed by atoms with Gasteiger partial charge in [0.25, 0.3) is 5.91 Å². The SMILES string of the molecule is CC(C)CCOC(C)C(=O)OCC(=O)N1CCOCC1. The molecule has 0 spiro atoms. The van der Waals surface area contributed by atoms with E-state index in [-0.39, 0.29) is 12.5 Å². The van der Waals surface area contributed by atoms with Gasteiger partial charge in [-0.05, 0) is 19.3 Å². The van der Waals surface area contributed by atoms with Crippen molar-refractivity contribution in [2.24, 2.45) is 5.92 Å². The molecule has 6 nitrogen and oxygen atoms in total. The van der Waals surface area contributed by atoms with Crippen LogP contribution in [0, 0.1) is 5.92 Å². The Kier molecular flexibility index (Phi) is 7.54. The Hall–Kier alpha value is -1.14. The third kappa shape index (κ3) is 6.34. The molecule has 0 saturated carbocycles. The zero-order valence-electron chi connectivity index (χ0n) is 12.6. The summed E-state index contributed by atoms with van der Waals surface area (Å²) in [6.45, 7) is 8.29. The van der Waals surface area contributed by atoms with Crippen molar-refractivity contribution in [3.05, 3.63) is 0 Å². The first-order valence-corrected chi connectivity index (χ1v) is 7.14. The van der Waals surface area contributed by atoms with Crippen LogP contribution in [0.1, 0.15) is 27.2 Å². The van der Waals surface area contributed by atoms with E-state index in [1.54, 1.807) is 11.8 Å². The molecular formula is C14H25NO5. The van der Waals surface area contributed by atoms with Gasteiger partial charge in [0.1, 0.15) is 0 Å². The molecule has 1 amide bonds. The number of ether oxygens (including phenoxy) is 3. The first-order valence-electron chi connectivity index (χ1n) is 7.14. The standard InChI is InChI=1S/C14H25NO5/c1-11(2)4-7-19-12(3)14(17)20-10-13(16)15-5-8-18-9-6-15/h11-12H,4-10H2,1-3H3. The molecule has 0 aromatic carbocycles. The lowest BCUT2D eigenvalue weighted by atomic mass is 10.1. The molecule has 1 atom stereocenters. The molecule has 0 N–H and O–H groups in total. The van der Waals surface area contributed by atoms with Crippen molar-refractivity contribution in [2.75, 3.05) is 39.5 Å². The topological polar surface area (TPSA) is 65.1 Å². The Morgan fingerprint density at radius 3 is 2.45 bits per heavy atom. The van der Waals surface area contributed by atoms with Crippen LogP contribution in [0.3, 0.4) is 0 Å². The number of carbonyl (C=O) groups is 2.